The van der Waals surface area contributed by atoms with Gasteiger partial charge in [0.15, 0.2) is 0 Å². The van der Waals surface area contributed by atoms with Gasteiger partial charge in [-0.3, -0.25) is 4.79 Å². The van der Waals surface area contributed by atoms with Crippen molar-refractivity contribution in [3.8, 4) is 0 Å². The maximum atomic E-state index is 12.0. The van der Waals surface area contributed by atoms with Crippen molar-refractivity contribution in [3.63, 3.8) is 0 Å². The number of hydrogen-bond donors (Lipinski definition) is 1. The summed E-state index contributed by atoms with van der Waals surface area (Å²) in [7, 11) is 0. The van der Waals surface area contributed by atoms with Gasteiger partial charge in [-0.05, 0) is 31.6 Å². The maximum Gasteiger partial charge on any atom is 0.251 e. The van der Waals surface area contributed by atoms with Crippen LogP contribution in [0.15, 0.2) is 0 Å². The van der Waals surface area contributed by atoms with Gasteiger partial charge in [-0.1, -0.05) is 0 Å². The molecule has 0 aromatic rings. The molecule has 2 atom stereocenters. The maximum absolute atomic E-state index is 12.0. The standard InChI is InChI=1S/C11H19NO3/c13-8-9-3-1-5-12(7-9)11(14)10-4-2-6-15-10/h9-10,13H,1-8H2/t9-,10+/m0/s1. The van der Waals surface area contributed by atoms with Crippen molar-refractivity contribution >= 4 is 5.91 Å². The molecule has 0 aliphatic carbocycles. The lowest BCUT2D eigenvalue weighted by atomic mass is 9.98. The van der Waals surface area contributed by atoms with E-state index in [0.717, 1.165) is 32.2 Å². The summed E-state index contributed by atoms with van der Waals surface area (Å²) in [5.41, 5.74) is 0. The number of amides is 1. The molecule has 2 aliphatic heterocycles. The predicted molar refractivity (Wildman–Crippen MR) is 55.4 cm³/mol. The number of likely N-dealkylation sites (tertiary alicyclic amines) is 1. The Kier molecular flexibility index (Phi) is 3.59. The van der Waals surface area contributed by atoms with Crippen LogP contribution in [0.4, 0.5) is 0 Å². The minimum absolute atomic E-state index is 0.130. The highest BCUT2D eigenvalue weighted by atomic mass is 16.5. The van der Waals surface area contributed by atoms with Gasteiger partial charge in [0.1, 0.15) is 6.10 Å². The van der Waals surface area contributed by atoms with Crippen LogP contribution in [0, 0.1) is 5.92 Å². The van der Waals surface area contributed by atoms with Gasteiger partial charge < -0.3 is 14.7 Å². The number of hydrogen-bond acceptors (Lipinski definition) is 3. The number of nitrogens with zero attached hydrogens (tertiary/aromatic N) is 1. The minimum Gasteiger partial charge on any atom is -0.396 e. The molecule has 0 saturated carbocycles. The molecule has 0 unspecified atom stereocenters. The first-order valence-electron chi connectivity index (χ1n) is 5.82. The molecule has 15 heavy (non-hydrogen) atoms. The lowest BCUT2D eigenvalue weighted by Crippen LogP contribution is -2.45. The van der Waals surface area contributed by atoms with Crippen molar-refractivity contribution in [2.75, 3.05) is 26.3 Å². The first-order valence-corrected chi connectivity index (χ1v) is 5.82. The number of ether oxygens (including phenoxy) is 1. The normalized spacial score (nSPS) is 31.9. The summed E-state index contributed by atoms with van der Waals surface area (Å²) in [4.78, 5) is 13.8. The third kappa shape index (κ3) is 2.49. The van der Waals surface area contributed by atoms with Crippen LogP contribution in [0.5, 0.6) is 0 Å². The van der Waals surface area contributed by atoms with Gasteiger partial charge in [0.05, 0.1) is 0 Å². The molecule has 2 fully saturated rings. The fourth-order valence-electron chi connectivity index (χ4n) is 2.39. The molecule has 0 aromatic carbocycles. The second kappa shape index (κ2) is 4.94. The number of aliphatic hydroxyl groups excluding tert-OH is 1. The zero-order chi connectivity index (χ0) is 10.7. The molecule has 1 amide bonds. The van der Waals surface area contributed by atoms with Gasteiger partial charge >= 0.3 is 0 Å². The molecule has 0 radical (unpaired) electrons. The van der Waals surface area contributed by atoms with Crippen LogP contribution in [0.1, 0.15) is 25.7 Å². The van der Waals surface area contributed by atoms with E-state index in [4.69, 9.17) is 9.84 Å². The average molecular weight is 213 g/mol. The van der Waals surface area contributed by atoms with Crippen LogP contribution in [-0.4, -0.2) is 48.3 Å². The Hall–Kier alpha value is -0.610. The molecule has 2 aliphatic rings. The number of piperidine rings is 1. The number of carbonyl (C=O) groups excluding carboxylic acids is 1. The molecule has 1 N–H and O–H groups in total. The summed E-state index contributed by atoms with van der Waals surface area (Å²) in [5, 5.41) is 9.09. The van der Waals surface area contributed by atoms with E-state index in [1.54, 1.807) is 0 Å². The topological polar surface area (TPSA) is 49.8 Å². The van der Waals surface area contributed by atoms with Crippen LogP contribution in [0.3, 0.4) is 0 Å². The minimum atomic E-state index is -0.206. The zero-order valence-corrected chi connectivity index (χ0v) is 9.02. The highest BCUT2D eigenvalue weighted by Gasteiger charge is 2.31. The van der Waals surface area contributed by atoms with E-state index in [2.05, 4.69) is 0 Å². The van der Waals surface area contributed by atoms with Crippen molar-refractivity contribution < 1.29 is 14.6 Å². The van der Waals surface area contributed by atoms with Gasteiger partial charge in [0, 0.05) is 26.3 Å². The zero-order valence-electron chi connectivity index (χ0n) is 9.02. The van der Waals surface area contributed by atoms with E-state index >= 15 is 0 Å². The van der Waals surface area contributed by atoms with Crippen molar-refractivity contribution in [1.29, 1.82) is 0 Å². The Balaban J connectivity index is 1.88. The van der Waals surface area contributed by atoms with Crippen molar-refractivity contribution in [2.24, 2.45) is 5.92 Å². The van der Waals surface area contributed by atoms with Crippen molar-refractivity contribution in [1.82, 2.24) is 4.90 Å². The summed E-state index contributed by atoms with van der Waals surface area (Å²) in [6, 6.07) is 0. The van der Waals surface area contributed by atoms with Gasteiger partial charge in [-0.25, -0.2) is 0 Å². The van der Waals surface area contributed by atoms with E-state index in [-0.39, 0.29) is 24.5 Å². The van der Waals surface area contributed by atoms with E-state index in [9.17, 15) is 4.79 Å². The summed E-state index contributed by atoms with van der Waals surface area (Å²) in [5.74, 6) is 0.398. The smallest absolute Gasteiger partial charge is 0.251 e. The van der Waals surface area contributed by atoms with Crippen LogP contribution >= 0.6 is 0 Å². The molecule has 2 rings (SSSR count). The third-order valence-electron chi connectivity index (χ3n) is 3.29. The first-order chi connectivity index (χ1) is 7.31. The van der Waals surface area contributed by atoms with Crippen LogP contribution in [-0.2, 0) is 9.53 Å². The monoisotopic (exact) mass is 213 g/mol. The summed E-state index contributed by atoms with van der Waals surface area (Å²) >= 11 is 0. The summed E-state index contributed by atoms with van der Waals surface area (Å²) < 4.78 is 5.38. The van der Waals surface area contributed by atoms with Gasteiger partial charge in [0.2, 0.25) is 0 Å². The third-order valence-corrected chi connectivity index (χ3v) is 3.29. The van der Waals surface area contributed by atoms with E-state index in [1.165, 1.54) is 0 Å². The average Bonchev–Trinajstić information content (AvgIpc) is 2.81. The molecule has 86 valence electrons. The molecule has 4 nitrogen and oxygen atoms in total. The largest absolute Gasteiger partial charge is 0.396 e. The van der Waals surface area contributed by atoms with Crippen LogP contribution in [0.2, 0.25) is 0 Å². The Bertz CT molecular complexity index is 226. The fraction of sp³-hybridized carbons (Fsp3) is 0.909. The SMILES string of the molecule is O=C([C@H]1CCCO1)N1CCC[C@H](CO)C1. The van der Waals surface area contributed by atoms with Gasteiger partial charge in [0.25, 0.3) is 5.91 Å². The highest BCUT2D eigenvalue weighted by molar-refractivity contribution is 5.81. The number of aliphatic hydroxyl groups is 1. The van der Waals surface area contributed by atoms with E-state index in [1.807, 2.05) is 4.90 Å². The number of rotatable bonds is 2. The molecule has 0 aromatic heterocycles. The second-order valence-corrected chi connectivity index (χ2v) is 4.48. The second-order valence-electron chi connectivity index (χ2n) is 4.48. The Morgan fingerprint density at radius 2 is 2.27 bits per heavy atom. The van der Waals surface area contributed by atoms with E-state index < -0.39 is 0 Å². The Labute approximate surface area is 90.2 Å². The number of carbonyl (C=O) groups is 1. The Morgan fingerprint density at radius 3 is 2.93 bits per heavy atom. The van der Waals surface area contributed by atoms with Crippen LogP contribution < -0.4 is 0 Å². The molecule has 4 heteroatoms. The molecular weight excluding hydrogens is 194 g/mol. The van der Waals surface area contributed by atoms with Crippen molar-refractivity contribution in [3.05, 3.63) is 0 Å². The quantitative estimate of drug-likeness (QED) is 0.722. The molecule has 2 saturated heterocycles. The fourth-order valence-corrected chi connectivity index (χ4v) is 2.39. The highest BCUT2D eigenvalue weighted by Crippen LogP contribution is 2.20. The molecule has 0 spiro atoms. The van der Waals surface area contributed by atoms with Gasteiger partial charge in [-0.2, -0.15) is 0 Å². The summed E-state index contributed by atoms with van der Waals surface area (Å²) in [6.07, 6.45) is 3.69. The lowest BCUT2D eigenvalue weighted by Gasteiger charge is -2.33. The summed E-state index contributed by atoms with van der Waals surface area (Å²) in [6.45, 7) is 2.44. The lowest BCUT2D eigenvalue weighted by molar-refractivity contribution is -0.143. The van der Waals surface area contributed by atoms with Gasteiger partial charge in [-0.15, -0.1) is 0 Å². The van der Waals surface area contributed by atoms with Crippen molar-refractivity contribution in [2.45, 2.75) is 31.8 Å². The van der Waals surface area contributed by atoms with E-state index in [0.29, 0.717) is 13.2 Å². The predicted octanol–water partition coefficient (Wildman–Crippen LogP) is 0.396. The Morgan fingerprint density at radius 1 is 1.40 bits per heavy atom. The molecule has 0 bridgehead atoms. The molecule has 2 heterocycles. The molecular formula is C11H19NO3. The van der Waals surface area contributed by atoms with Crippen LogP contribution in [0.25, 0.3) is 0 Å². The first kappa shape index (κ1) is 10.9.